The molecule has 2 fully saturated rings. The number of rotatable bonds is 5. The van der Waals surface area contributed by atoms with Crippen molar-refractivity contribution in [3.63, 3.8) is 0 Å². The van der Waals surface area contributed by atoms with Crippen molar-refractivity contribution in [2.24, 2.45) is 5.92 Å². The number of benzene rings is 1. The Morgan fingerprint density at radius 3 is 2.47 bits per heavy atom. The first-order valence-electron chi connectivity index (χ1n) is 11.0. The van der Waals surface area contributed by atoms with E-state index in [0.29, 0.717) is 13.0 Å². The molecule has 2 aliphatic rings. The highest BCUT2D eigenvalue weighted by Crippen LogP contribution is 2.22. The minimum atomic E-state index is -0.191. The predicted octanol–water partition coefficient (Wildman–Crippen LogP) is 1.58. The van der Waals surface area contributed by atoms with E-state index in [1.54, 1.807) is 12.0 Å². The Balaban J connectivity index is 1.56. The van der Waals surface area contributed by atoms with Gasteiger partial charge in [-0.3, -0.25) is 9.59 Å². The molecule has 166 valence electrons. The second-order valence-electron chi connectivity index (χ2n) is 8.66. The van der Waals surface area contributed by atoms with Gasteiger partial charge in [0.05, 0.1) is 7.11 Å². The van der Waals surface area contributed by atoms with Crippen molar-refractivity contribution in [2.45, 2.75) is 38.3 Å². The number of carbonyl (C=O) groups is 2. The number of nitrogens with one attached hydrogen (secondary N) is 1. The maximum Gasteiger partial charge on any atom is 0.226 e. The summed E-state index contributed by atoms with van der Waals surface area (Å²) in [4.78, 5) is 31.8. The quantitative estimate of drug-likeness (QED) is 0.790. The number of likely N-dealkylation sites (N-methyl/N-ethyl adjacent to an activating group) is 2. The van der Waals surface area contributed by atoms with Crippen molar-refractivity contribution in [1.82, 2.24) is 20.0 Å². The van der Waals surface area contributed by atoms with E-state index < -0.39 is 0 Å². The fraction of sp³-hybridized carbons (Fsp3) is 0.652. The molecule has 0 aromatic heterocycles. The van der Waals surface area contributed by atoms with Crippen LogP contribution >= 0.6 is 0 Å². The van der Waals surface area contributed by atoms with Crippen LogP contribution in [0.1, 0.15) is 31.2 Å². The van der Waals surface area contributed by atoms with Crippen molar-refractivity contribution in [2.75, 3.05) is 53.9 Å². The Hall–Kier alpha value is -2.12. The zero-order valence-corrected chi connectivity index (χ0v) is 18.6. The van der Waals surface area contributed by atoms with Crippen LogP contribution in [0.25, 0.3) is 0 Å². The number of methoxy groups -OCH3 is 1. The molecule has 3 rings (SSSR count). The van der Waals surface area contributed by atoms with Crippen LogP contribution in [-0.4, -0.2) is 86.5 Å². The normalized spacial score (nSPS) is 24.2. The number of ether oxygens (including phenoxy) is 1. The molecule has 1 N–H and O–H groups in total. The summed E-state index contributed by atoms with van der Waals surface area (Å²) in [5, 5.41) is 3.60. The highest BCUT2D eigenvalue weighted by atomic mass is 16.5. The Bertz CT molecular complexity index is 701. The topological polar surface area (TPSA) is 65.1 Å². The van der Waals surface area contributed by atoms with E-state index in [0.717, 1.165) is 57.7 Å². The van der Waals surface area contributed by atoms with Crippen LogP contribution in [0.3, 0.4) is 0 Å². The highest BCUT2D eigenvalue weighted by molar-refractivity contribution is 5.86. The fourth-order valence-electron chi connectivity index (χ4n) is 4.27. The summed E-state index contributed by atoms with van der Waals surface area (Å²) in [5.41, 5.74) is 1.19. The summed E-state index contributed by atoms with van der Waals surface area (Å²) in [5.74, 6) is 0.890. The Morgan fingerprint density at radius 1 is 1.10 bits per heavy atom. The molecule has 0 radical (unpaired) electrons. The van der Waals surface area contributed by atoms with Gasteiger partial charge in [0.2, 0.25) is 11.8 Å². The molecule has 2 amide bonds. The number of nitrogens with zero attached hydrogens (tertiary/aromatic N) is 3. The lowest BCUT2D eigenvalue weighted by Gasteiger charge is -2.34. The van der Waals surface area contributed by atoms with Gasteiger partial charge in [0.15, 0.2) is 0 Å². The van der Waals surface area contributed by atoms with E-state index in [2.05, 4.69) is 29.4 Å². The maximum absolute atomic E-state index is 13.0. The predicted molar refractivity (Wildman–Crippen MR) is 117 cm³/mol. The molecule has 2 saturated heterocycles. The van der Waals surface area contributed by atoms with Gasteiger partial charge in [-0.1, -0.05) is 18.6 Å². The number of piperazine rings is 1. The van der Waals surface area contributed by atoms with Crippen LogP contribution in [0, 0.1) is 5.92 Å². The van der Waals surface area contributed by atoms with Crippen LogP contribution in [-0.2, 0) is 16.1 Å². The van der Waals surface area contributed by atoms with Gasteiger partial charge in [-0.15, -0.1) is 0 Å². The minimum absolute atomic E-state index is 0.0700. The monoisotopic (exact) mass is 416 g/mol. The first-order valence-corrected chi connectivity index (χ1v) is 11.0. The summed E-state index contributed by atoms with van der Waals surface area (Å²) in [7, 11) is 5.60. The van der Waals surface area contributed by atoms with E-state index in [1.165, 1.54) is 5.56 Å². The number of carbonyl (C=O) groups excluding carboxylic acids is 2. The maximum atomic E-state index is 13.0. The van der Waals surface area contributed by atoms with Crippen molar-refractivity contribution >= 4 is 11.8 Å². The number of hydrogen-bond donors (Lipinski definition) is 1. The van der Waals surface area contributed by atoms with Gasteiger partial charge in [0, 0.05) is 64.7 Å². The molecule has 0 unspecified atom stereocenters. The lowest BCUT2D eigenvalue weighted by Crippen LogP contribution is -2.49. The largest absolute Gasteiger partial charge is 0.497 e. The smallest absolute Gasteiger partial charge is 0.226 e. The third kappa shape index (κ3) is 6.19. The zero-order chi connectivity index (χ0) is 21.5. The van der Waals surface area contributed by atoms with Gasteiger partial charge < -0.3 is 24.8 Å². The Morgan fingerprint density at radius 2 is 1.80 bits per heavy atom. The van der Waals surface area contributed by atoms with E-state index in [1.807, 2.05) is 24.1 Å². The van der Waals surface area contributed by atoms with Crippen molar-refractivity contribution < 1.29 is 14.3 Å². The van der Waals surface area contributed by atoms with Crippen molar-refractivity contribution in [3.05, 3.63) is 29.8 Å². The Kier molecular flexibility index (Phi) is 8.10. The summed E-state index contributed by atoms with van der Waals surface area (Å²) in [6.07, 6.45) is 3.02. The molecule has 1 aromatic carbocycles. The third-order valence-corrected chi connectivity index (χ3v) is 6.36. The van der Waals surface area contributed by atoms with Gasteiger partial charge in [-0.2, -0.15) is 0 Å². The fourth-order valence-corrected chi connectivity index (χ4v) is 4.27. The summed E-state index contributed by atoms with van der Waals surface area (Å²) in [6.45, 7) is 4.77. The molecule has 0 aliphatic carbocycles. The van der Waals surface area contributed by atoms with Gasteiger partial charge in [-0.25, -0.2) is 0 Å². The minimum Gasteiger partial charge on any atom is -0.497 e. The Labute approximate surface area is 180 Å². The molecule has 2 aliphatic heterocycles. The van der Waals surface area contributed by atoms with Crippen molar-refractivity contribution in [3.8, 4) is 5.75 Å². The van der Waals surface area contributed by atoms with Crippen LogP contribution in [0.4, 0.5) is 0 Å². The second kappa shape index (κ2) is 10.8. The second-order valence-corrected chi connectivity index (χ2v) is 8.66. The van der Waals surface area contributed by atoms with E-state index >= 15 is 0 Å². The van der Waals surface area contributed by atoms with E-state index in [9.17, 15) is 9.59 Å². The van der Waals surface area contributed by atoms with Crippen LogP contribution in [0.2, 0.25) is 0 Å². The summed E-state index contributed by atoms with van der Waals surface area (Å²) >= 11 is 0. The molecule has 7 heteroatoms. The van der Waals surface area contributed by atoms with Gasteiger partial charge in [-0.05, 0) is 37.6 Å². The van der Waals surface area contributed by atoms with Gasteiger partial charge in [0.25, 0.3) is 0 Å². The van der Waals surface area contributed by atoms with Crippen molar-refractivity contribution in [1.29, 1.82) is 0 Å². The van der Waals surface area contributed by atoms with Crippen LogP contribution in [0.5, 0.6) is 5.75 Å². The SMILES string of the molecule is COc1ccc(CN[C@@H]2CCC[C@@H](C(=O)N3CCN(C)CC3)CC(=O)N(C)C2)cc1. The van der Waals surface area contributed by atoms with E-state index in [4.69, 9.17) is 4.74 Å². The highest BCUT2D eigenvalue weighted by Gasteiger charge is 2.31. The van der Waals surface area contributed by atoms with E-state index in [-0.39, 0.29) is 23.8 Å². The average Bonchev–Trinajstić information content (AvgIpc) is 2.82. The molecule has 7 nitrogen and oxygen atoms in total. The van der Waals surface area contributed by atoms with Gasteiger partial charge in [0.1, 0.15) is 5.75 Å². The molecule has 2 heterocycles. The first kappa shape index (κ1) is 22.6. The number of hydrogen-bond acceptors (Lipinski definition) is 5. The van der Waals surface area contributed by atoms with Crippen LogP contribution in [0.15, 0.2) is 24.3 Å². The lowest BCUT2D eigenvalue weighted by molar-refractivity contribution is -0.142. The first-order chi connectivity index (χ1) is 14.5. The zero-order valence-electron chi connectivity index (χ0n) is 18.6. The van der Waals surface area contributed by atoms with Crippen LogP contribution < -0.4 is 10.1 Å². The van der Waals surface area contributed by atoms with Gasteiger partial charge >= 0.3 is 0 Å². The molecular formula is C23H36N4O3. The molecular weight excluding hydrogens is 380 g/mol. The molecule has 2 atom stereocenters. The molecule has 0 saturated carbocycles. The third-order valence-electron chi connectivity index (χ3n) is 6.36. The average molecular weight is 417 g/mol. The molecule has 0 bridgehead atoms. The molecule has 0 spiro atoms. The number of amides is 2. The molecule has 30 heavy (non-hydrogen) atoms. The standard InChI is InChI=1S/C23H36N4O3/c1-25-11-13-27(14-12-25)23(29)19-5-4-6-20(17-26(2)22(28)15-19)24-16-18-7-9-21(30-3)10-8-18/h7-10,19-20,24H,4-6,11-17H2,1-3H3/t19-,20-/m1/s1. The molecule has 1 aromatic rings. The summed E-state index contributed by atoms with van der Waals surface area (Å²) in [6, 6.07) is 8.26. The summed E-state index contributed by atoms with van der Waals surface area (Å²) < 4.78 is 5.21. The lowest BCUT2D eigenvalue weighted by atomic mass is 9.95.